The van der Waals surface area contributed by atoms with Crippen molar-refractivity contribution in [1.29, 1.82) is 0 Å². The molecular formula is C16H26N2O2S. The number of hydrogen-bond donors (Lipinski definition) is 1. The van der Waals surface area contributed by atoms with E-state index in [1.807, 2.05) is 6.07 Å². The normalized spacial score (nSPS) is 22.1. The number of likely N-dealkylation sites (tertiary alicyclic amines) is 1. The summed E-state index contributed by atoms with van der Waals surface area (Å²) in [7, 11) is -3.09. The van der Waals surface area contributed by atoms with Crippen LogP contribution >= 0.6 is 0 Å². The molecule has 1 N–H and O–H groups in total. The Morgan fingerprint density at radius 2 is 2.05 bits per heavy atom. The number of sulfonamides is 1. The van der Waals surface area contributed by atoms with Gasteiger partial charge in [-0.25, -0.2) is 13.1 Å². The Kier molecular flexibility index (Phi) is 5.79. The first-order chi connectivity index (χ1) is 9.99. The Morgan fingerprint density at radius 3 is 2.67 bits per heavy atom. The lowest BCUT2D eigenvalue weighted by atomic mass is 9.94. The monoisotopic (exact) mass is 310 g/mol. The SMILES string of the molecule is CC[C@H](c1ccccc1)N1CCC[C@H](CNS(C)(=O)=O)C1. The highest BCUT2D eigenvalue weighted by molar-refractivity contribution is 7.88. The lowest BCUT2D eigenvalue weighted by Crippen LogP contribution is -2.42. The van der Waals surface area contributed by atoms with Gasteiger partial charge in [-0.15, -0.1) is 0 Å². The summed E-state index contributed by atoms with van der Waals surface area (Å²) in [6.45, 7) is 4.84. The summed E-state index contributed by atoms with van der Waals surface area (Å²) in [5.41, 5.74) is 1.36. The average molecular weight is 310 g/mol. The van der Waals surface area contributed by atoms with Gasteiger partial charge in [0.1, 0.15) is 0 Å². The van der Waals surface area contributed by atoms with Crippen LogP contribution in [0.5, 0.6) is 0 Å². The van der Waals surface area contributed by atoms with Gasteiger partial charge in [0.25, 0.3) is 0 Å². The Balaban J connectivity index is 1.99. The molecule has 0 radical (unpaired) electrons. The quantitative estimate of drug-likeness (QED) is 0.878. The molecule has 0 bridgehead atoms. The van der Waals surface area contributed by atoms with E-state index in [4.69, 9.17) is 0 Å². The first-order valence-electron chi connectivity index (χ1n) is 7.73. The number of rotatable bonds is 6. The lowest BCUT2D eigenvalue weighted by molar-refractivity contribution is 0.121. The first kappa shape index (κ1) is 16.5. The summed E-state index contributed by atoms with van der Waals surface area (Å²) in [4.78, 5) is 2.51. The molecule has 0 unspecified atom stereocenters. The van der Waals surface area contributed by atoms with Crippen molar-refractivity contribution in [3.8, 4) is 0 Å². The minimum Gasteiger partial charge on any atom is -0.296 e. The molecule has 1 aromatic rings. The van der Waals surface area contributed by atoms with Crippen molar-refractivity contribution in [3.05, 3.63) is 35.9 Å². The Labute approximate surface area is 128 Å². The van der Waals surface area contributed by atoms with Gasteiger partial charge < -0.3 is 0 Å². The van der Waals surface area contributed by atoms with E-state index < -0.39 is 10.0 Å². The fourth-order valence-electron chi connectivity index (χ4n) is 3.20. The van der Waals surface area contributed by atoms with E-state index in [2.05, 4.69) is 40.8 Å². The second-order valence-corrected chi connectivity index (χ2v) is 7.79. The number of nitrogens with one attached hydrogen (secondary N) is 1. The van der Waals surface area contributed by atoms with Gasteiger partial charge in [-0.3, -0.25) is 4.90 Å². The molecule has 2 atom stereocenters. The van der Waals surface area contributed by atoms with Gasteiger partial charge in [0, 0.05) is 19.1 Å². The molecule has 21 heavy (non-hydrogen) atoms. The topological polar surface area (TPSA) is 49.4 Å². The predicted octanol–water partition coefficient (Wildman–Crippen LogP) is 2.40. The molecule has 0 spiro atoms. The van der Waals surface area contributed by atoms with E-state index in [1.165, 1.54) is 11.8 Å². The van der Waals surface area contributed by atoms with Crippen LogP contribution in [0.4, 0.5) is 0 Å². The van der Waals surface area contributed by atoms with Gasteiger partial charge >= 0.3 is 0 Å². The molecule has 1 saturated heterocycles. The summed E-state index contributed by atoms with van der Waals surface area (Å²) >= 11 is 0. The van der Waals surface area contributed by atoms with Crippen LogP contribution in [0, 0.1) is 5.92 Å². The van der Waals surface area contributed by atoms with Gasteiger partial charge in [0.15, 0.2) is 0 Å². The third-order valence-electron chi connectivity index (χ3n) is 4.20. The maximum absolute atomic E-state index is 11.2. The van der Waals surface area contributed by atoms with Gasteiger partial charge in [-0.05, 0) is 37.3 Å². The number of benzene rings is 1. The molecule has 118 valence electrons. The van der Waals surface area contributed by atoms with E-state index >= 15 is 0 Å². The van der Waals surface area contributed by atoms with Crippen molar-refractivity contribution in [3.63, 3.8) is 0 Å². The summed E-state index contributed by atoms with van der Waals surface area (Å²) in [5.74, 6) is 0.409. The highest BCUT2D eigenvalue weighted by Gasteiger charge is 2.26. The molecule has 0 aromatic heterocycles. The van der Waals surface area contributed by atoms with Crippen molar-refractivity contribution in [1.82, 2.24) is 9.62 Å². The minimum absolute atomic E-state index is 0.409. The third-order valence-corrected chi connectivity index (χ3v) is 4.89. The molecule has 1 heterocycles. The van der Waals surface area contributed by atoms with Crippen LogP contribution < -0.4 is 4.72 Å². The highest BCUT2D eigenvalue weighted by atomic mass is 32.2. The van der Waals surface area contributed by atoms with Crippen LogP contribution in [0.25, 0.3) is 0 Å². The second kappa shape index (κ2) is 7.38. The van der Waals surface area contributed by atoms with Crippen LogP contribution in [0.2, 0.25) is 0 Å². The van der Waals surface area contributed by atoms with E-state index in [1.54, 1.807) is 0 Å². The largest absolute Gasteiger partial charge is 0.296 e. The summed E-state index contributed by atoms with van der Waals surface area (Å²) in [6, 6.07) is 11.0. The van der Waals surface area contributed by atoms with Gasteiger partial charge in [0.2, 0.25) is 10.0 Å². The number of piperidine rings is 1. The fraction of sp³-hybridized carbons (Fsp3) is 0.625. The first-order valence-corrected chi connectivity index (χ1v) is 9.62. The van der Waals surface area contributed by atoms with Crippen molar-refractivity contribution >= 4 is 10.0 Å². The van der Waals surface area contributed by atoms with E-state index in [0.717, 1.165) is 32.4 Å². The smallest absolute Gasteiger partial charge is 0.208 e. The molecule has 5 heteroatoms. The zero-order valence-corrected chi connectivity index (χ0v) is 13.8. The van der Waals surface area contributed by atoms with Crippen LogP contribution in [0.3, 0.4) is 0 Å². The third kappa shape index (κ3) is 5.09. The molecular weight excluding hydrogens is 284 g/mol. The van der Waals surface area contributed by atoms with Crippen molar-refractivity contribution in [2.24, 2.45) is 5.92 Å². The van der Waals surface area contributed by atoms with E-state index in [-0.39, 0.29) is 0 Å². The van der Waals surface area contributed by atoms with E-state index in [9.17, 15) is 8.42 Å². The number of nitrogens with zero attached hydrogens (tertiary/aromatic N) is 1. The van der Waals surface area contributed by atoms with Crippen LogP contribution in [-0.2, 0) is 10.0 Å². The lowest BCUT2D eigenvalue weighted by Gasteiger charge is -2.38. The van der Waals surface area contributed by atoms with Crippen LogP contribution in [0.15, 0.2) is 30.3 Å². The average Bonchev–Trinajstić information content (AvgIpc) is 2.47. The Bertz CT molecular complexity index is 530. The molecule has 1 fully saturated rings. The molecule has 1 aromatic carbocycles. The number of hydrogen-bond acceptors (Lipinski definition) is 3. The summed E-state index contributed by atoms with van der Waals surface area (Å²) in [6.07, 6.45) is 4.55. The Hall–Kier alpha value is -0.910. The fourth-order valence-corrected chi connectivity index (χ4v) is 3.73. The molecule has 0 aliphatic carbocycles. The summed E-state index contributed by atoms with van der Waals surface area (Å²) in [5, 5.41) is 0. The Morgan fingerprint density at radius 1 is 1.33 bits per heavy atom. The van der Waals surface area contributed by atoms with Crippen LogP contribution in [-0.4, -0.2) is 39.2 Å². The van der Waals surface area contributed by atoms with Gasteiger partial charge in [0.05, 0.1) is 6.26 Å². The zero-order valence-electron chi connectivity index (χ0n) is 13.0. The molecule has 4 nitrogen and oxygen atoms in total. The molecule has 1 aliphatic heterocycles. The standard InChI is InChI=1S/C16H26N2O2S/c1-3-16(15-9-5-4-6-10-15)18-11-7-8-14(13-18)12-17-21(2,19)20/h4-6,9-10,14,16-17H,3,7-8,11-13H2,1-2H3/t14-,16-/m1/s1. The van der Waals surface area contributed by atoms with Crippen molar-refractivity contribution < 1.29 is 8.42 Å². The molecule has 1 aliphatic rings. The van der Waals surface area contributed by atoms with Crippen molar-refractivity contribution in [2.45, 2.75) is 32.2 Å². The zero-order chi connectivity index (χ0) is 15.3. The van der Waals surface area contributed by atoms with Gasteiger partial charge in [-0.1, -0.05) is 37.3 Å². The molecule has 0 amide bonds. The summed E-state index contributed by atoms with van der Waals surface area (Å²) < 4.78 is 25.1. The van der Waals surface area contributed by atoms with Gasteiger partial charge in [-0.2, -0.15) is 0 Å². The molecule has 0 saturated carbocycles. The minimum atomic E-state index is -3.09. The van der Waals surface area contributed by atoms with E-state index in [0.29, 0.717) is 18.5 Å². The maximum atomic E-state index is 11.2. The van der Waals surface area contributed by atoms with Crippen molar-refractivity contribution in [2.75, 3.05) is 25.9 Å². The maximum Gasteiger partial charge on any atom is 0.208 e. The molecule has 2 rings (SSSR count). The van der Waals surface area contributed by atoms with Crippen LogP contribution in [0.1, 0.15) is 37.8 Å². The predicted molar refractivity (Wildman–Crippen MR) is 86.6 cm³/mol. The highest BCUT2D eigenvalue weighted by Crippen LogP contribution is 2.29. The second-order valence-electron chi connectivity index (χ2n) is 5.96.